The lowest BCUT2D eigenvalue weighted by atomic mass is 10.2. The zero-order valence-corrected chi connectivity index (χ0v) is 14.7. The van der Waals surface area contributed by atoms with E-state index in [1.165, 1.54) is 12.3 Å². The lowest BCUT2D eigenvalue weighted by Crippen LogP contribution is -2.17. The highest BCUT2D eigenvalue weighted by Crippen LogP contribution is 2.17. The van der Waals surface area contributed by atoms with Crippen LogP contribution in [0.4, 0.5) is 16.2 Å². The third-order valence-electron chi connectivity index (χ3n) is 3.20. The molecule has 0 saturated carbocycles. The fourth-order valence-corrected chi connectivity index (χ4v) is 2.59. The van der Waals surface area contributed by atoms with Gasteiger partial charge in [0.1, 0.15) is 11.6 Å². The van der Waals surface area contributed by atoms with Gasteiger partial charge in [0.25, 0.3) is 5.95 Å². The molecule has 3 aromatic rings. The number of nitrogens with two attached hydrogens (primary N) is 1. The average Bonchev–Trinajstić information content (AvgIpc) is 3.02. The first-order valence-electron chi connectivity index (χ1n) is 7.71. The van der Waals surface area contributed by atoms with Crippen molar-refractivity contribution >= 4 is 35.6 Å². The Bertz CT molecular complexity index is 947. The van der Waals surface area contributed by atoms with Crippen molar-refractivity contribution in [2.24, 2.45) is 5.10 Å². The quantitative estimate of drug-likeness (QED) is 0.244. The molecule has 138 valence electrons. The number of amides is 1. The van der Waals surface area contributed by atoms with Crippen molar-refractivity contribution < 1.29 is 9.18 Å². The lowest BCUT2D eigenvalue weighted by molar-refractivity contribution is -0.113. The van der Waals surface area contributed by atoms with Crippen LogP contribution in [0.2, 0.25) is 0 Å². The van der Waals surface area contributed by atoms with Gasteiger partial charge in [-0.05, 0) is 18.2 Å². The maximum atomic E-state index is 13.5. The van der Waals surface area contributed by atoms with Crippen LogP contribution in [-0.2, 0) is 4.79 Å². The van der Waals surface area contributed by atoms with Gasteiger partial charge < -0.3 is 11.2 Å². The number of carbonyl (C=O) groups is 1. The predicted octanol–water partition coefficient (Wildman–Crippen LogP) is 1.70. The smallest absolute Gasteiger partial charge is 0.264 e. The molecule has 0 spiro atoms. The van der Waals surface area contributed by atoms with Gasteiger partial charge >= 0.3 is 0 Å². The van der Waals surface area contributed by atoms with E-state index in [0.717, 1.165) is 16.4 Å². The average molecular weight is 386 g/mol. The minimum absolute atomic E-state index is 0.0738. The van der Waals surface area contributed by atoms with E-state index in [4.69, 9.17) is 5.84 Å². The second kappa shape index (κ2) is 8.76. The molecule has 27 heavy (non-hydrogen) atoms. The third kappa shape index (κ3) is 5.01. The van der Waals surface area contributed by atoms with E-state index in [1.54, 1.807) is 42.6 Å². The van der Waals surface area contributed by atoms with Crippen LogP contribution >= 0.6 is 11.8 Å². The monoisotopic (exact) mass is 386 g/mol. The fraction of sp³-hybridized carbons (Fsp3) is 0.0625. The van der Waals surface area contributed by atoms with Gasteiger partial charge in [0.05, 0.1) is 12.0 Å². The largest absolute Gasteiger partial charge is 0.334 e. The van der Waals surface area contributed by atoms with Gasteiger partial charge in [-0.25, -0.2) is 19.5 Å². The van der Waals surface area contributed by atoms with Crippen LogP contribution < -0.4 is 16.6 Å². The number of thioether (sulfide) groups is 1. The maximum absolute atomic E-state index is 13.5. The van der Waals surface area contributed by atoms with Crippen molar-refractivity contribution in [1.82, 2.24) is 19.9 Å². The van der Waals surface area contributed by atoms with Gasteiger partial charge in [-0.2, -0.15) is 5.10 Å². The van der Waals surface area contributed by atoms with Crippen molar-refractivity contribution in [3.05, 3.63) is 60.0 Å². The number of carbonyl (C=O) groups excluding carboxylic acids is 1. The number of hydrogen-bond donors (Lipinski definition) is 3. The number of nitrogen functional groups attached to an aromatic ring is 1. The third-order valence-corrected chi connectivity index (χ3v) is 4.15. The maximum Gasteiger partial charge on any atom is 0.264 e. The first-order valence-corrected chi connectivity index (χ1v) is 8.70. The van der Waals surface area contributed by atoms with Crippen molar-refractivity contribution in [3.8, 4) is 0 Å². The van der Waals surface area contributed by atoms with E-state index in [9.17, 15) is 9.18 Å². The van der Waals surface area contributed by atoms with Gasteiger partial charge in [-0.3, -0.25) is 4.79 Å². The van der Waals surface area contributed by atoms with Crippen LogP contribution in [0.25, 0.3) is 0 Å². The summed E-state index contributed by atoms with van der Waals surface area (Å²) >= 11 is 1.10. The molecule has 2 heterocycles. The number of pyridine rings is 1. The summed E-state index contributed by atoms with van der Waals surface area (Å²) in [5.41, 5.74) is 2.89. The second-order valence-corrected chi connectivity index (χ2v) is 6.06. The summed E-state index contributed by atoms with van der Waals surface area (Å²) in [5, 5.41) is 14.6. The van der Waals surface area contributed by atoms with Gasteiger partial charge in [0.2, 0.25) is 11.1 Å². The number of nitrogens with zero attached hydrogens (tertiary/aromatic N) is 5. The summed E-state index contributed by atoms with van der Waals surface area (Å²) in [6.45, 7) is 0. The summed E-state index contributed by atoms with van der Waals surface area (Å²) in [6.07, 6.45) is 2.89. The Morgan fingerprint density at radius 1 is 1.26 bits per heavy atom. The van der Waals surface area contributed by atoms with Gasteiger partial charge in [-0.15, -0.1) is 10.2 Å². The summed E-state index contributed by atoms with van der Waals surface area (Å²) in [4.78, 5) is 15.9. The van der Waals surface area contributed by atoms with Crippen molar-refractivity contribution in [2.75, 3.05) is 22.3 Å². The number of aromatic nitrogens is 4. The van der Waals surface area contributed by atoms with Crippen LogP contribution in [0.3, 0.4) is 0 Å². The number of nitrogens with one attached hydrogen (secondary N) is 2. The molecule has 0 saturated heterocycles. The van der Waals surface area contributed by atoms with Crippen LogP contribution in [0.5, 0.6) is 0 Å². The summed E-state index contributed by atoms with van der Waals surface area (Å²) in [5.74, 6) is 5.90. The minimum atomic E-state index is -0.396. The molecule has 0 fully saturated rings. The molecule has 0 bridgehead atoms. The molecule has 0 aliphatic rings. The molecule has 4 N–H and O–H groups in total. The molecule has 2 aromatic heterocycles. The first-order chi connectivity index (χ1) is 13.1. The zero-order chi connectivity index (χ0) is 19.1. The number of rotatable bonds is 7. The molecule has 0 atom stereocenters. The normalized spacial score (nSPS) is 10.9. The van der Waals surface area contributed by atoms with Crippen LogP contribution in [-0.4, -0.2) is 37.7 Å². The number of anilines is 2. The molecular weight excluding hydrogens is 371 g/mol. The number of hydrogen-bond acceptors (Lipinski definition) is 8. The highest BCUT2D eigenvalue weighted by atomic mass is 32.2. The van der Waals surface area contributed by atoms with E-state index < -0.39 is 5.82 Å². The molecule has 9 nitrogen and oxygen atoms in total. The predicted molar refractivity (Wildman–Crippen MR) is 101 cm³/mol. The van der Waals surface area contributed by atoms with E-state index in [2.05, 4.69) is 31.0 Å². The molecule has 1 aromatic carbocycles. The SMILES string of the molecule is Nn1c(N/N=C/c2ccccc2F)nnc1SCC(=O)Nc1ccccn1. The Labute approximate surface area is 157 Å². The van der Waals surface area contributed by atoms with Gasteiger partial charge in [0, 0.05) is 11.8 Å². The lowest BCUT2D eigenvalue weighted by Gasteiger charge is -2.04. The second-order valence-electron chi connectivity index (χ2n) is 5.12. The summed E-state index contributed by atoms with van der Waals surface area (Å²) < 4.78 is 14.7. The summed E-state index contributed by atoms with van der Waals surface area (Å²) in [6, 6.07) is 11.4. The Kier molecular flexibility index (Phi) is 5.94. The first kappa shape index (κ1) is 18.3. The molecule has 0 unspecified atom stereocenters. The number of hydrazone groups is 1. The molecule has 11 heteroatoms. The Morgan fingerprint density at radius 2 is 2.07 bits per heavy atom. The van der Waals surface area contributed by atoms with Gasteiger partial charge in [0.15, 0.2) is 0 Å². The highest BCUT2D eigenvalue weighted by Gasteiger charge is 2.12. The standard InChI is InChI=1S/C16H15FN8OS/c17-12-6-2-1-5-11(12)9-20-22-15-23-24-16(25(15)18)27-10-14(26)21-13-7-3-4-8-19-13/h1-9H,10,18H2,(H,22,23)(H,19,21,26)/b20-9+. The Morgan fingerprint density at radius 3 is 2.85 bits per heavy atom. The van der Waals surface area contributed by atoms with Crippen molar-refractivity contribution in [2.45, 2.75) is 5.16 Å². The van der Waals surface area contributed by atoms with Crippen molar-refractivity contribution in [1.29, 1.82) is 0 Å². The topological polar surface area (TPSA) is 123 Å². The molecule has 0 radical (unpaired) electrons. The Balaban J connectivity index is 1.54. The van der Waals surface area contributed by atoms with E-state index in [1.807, 2.05) is 0 Å². The Hall–Kier alpha value is -3.47. The van der Waals surface area contributed by atoms with E-state index >= 15 is 0 Å². The van der Waals surface area contributed by atoms with Crippen molar-refractivity contribution in [3.63, 3.8) is 0 Å². The number of benzene rings is 1. The summed E-state index contributed by atoms with van der Waals surface area (Å²) in [7, 11) is 0. The molecule has 1 amide bonds. The fourth-order valence-electron chi connectivity index (χ4n) is 1.94. The van der Waals surface area contributed by atoms with Gasteiger partial charge in [-0.1, -0.05) is 36.0 Å². The zero-order valence-electron chi connectivity index (χ0n) is 13.9. The van der Waals surface area contributed by atoms with E-state index in [0.29, 0.717) is 16.5 Å². The molecule has 3 rings (SSSR count). The van der Waals surface area contributed by atoms with E-state index in [-0.39, 0.29) is 17.6 Å². The highest BCUT2D eigenvalue weighted by molar-refractivity contribution is 7.99. The number of halogens is 1. The minimum Gasteiger partial charge on any atom is -0.334 e. The van der Waals surface area contributed by atoms with Crippen LogP contribution in [0.1, 0.15) is 5.56 Å². The van der Waals surface area contributed by atoms with Crippen LogP contribution in [0, 0.1) is 5.82 Å². The van der Waals surface area contributed by atoms with Crippen LogP contribution in [0.15, 0.2) is 58.9 Å². The molecular formula is C16H15FN8OS. The molecule has 0 aliphatic carbocycles. The molecule has 0 aliphatic heterocycles.